The molecule has 1 rings (SSSR count). The summed E-state index contributed by atoms with van der Waals surface area (Å²) in [5.41, 5.74) is 0. The summed E-state index contributed by atoms with van der Waals surface area (Å²) >= 11 is 0. The van der Waals surface area contributed by atoms with Crippen molar-refractivity contribution in [1.82, 2.24) is 5.32 Å². The van der Waals surface area contributed by atoms with Crippen molar-refractivity contribution >= 4 is 0 Å². The van der Waals surface area contributed by atoms with Gasteiger partial charge in [0, 0.05) is 12.6 Å². The van der Waals surface area contributed by atoms with E-state index in [1.807, 2.05) is 0 Å². The zero-order chi connectivity index (χ0) is 9.68. The third-order valence-corrected chi connectivity index (χ3v) is 2.75. The second kappa shape index (κ2) is 5.61. The van der Waals surface area contributed by atoms with Crippen LogP contribution in [0.4, 0.5) is 0 Å². The number of hydrogen-bond donors (Lipinski definition) is 1. The Hall–Kier alpha value is -0.0800. The van der Waals surface area contributed by atoms with Crippen LogP contribution < -0.4 is 5.32 Å². The summed E-state index contributed by atoms with van der Waals surface area (Å²) in [6.07, 6.45) is 4.38. The van der Waals surface area contributed by atoms with Crippen LogP contribution >= 0.6 is 0 Å². The standard InChI is InChI=1S/C11H23NO/c1-4-10(12-5-2)11(13-6-3)9-7-8-9/h9-12H,4-8H2,1-3H3. The van der Waals surface area contributed by atoms with Crippen molar-refractivity contribution in [3.8, 4) is 0 Å². The van der Waals surface area contributed by atoms with Crippen LogP contribution in [-0.2, 0) is 4.74 Å². The SMILES string of the molecule is CCNC(CC)C(OCC)C1CC1. The fourth-order valence-electron chi connectivity index (χ4n) is 1.95. The van der Waals surface area contributed by atoms with Gasteiger partial charge in [0.2, 0.25) is 0 Å². The molecule has 0 radical (unpaired) electrons. The van der Waals surface area contributed by atoms with E-state index in [4.69, 9.17) is 4.74 Å². The van der Waals surface area contributed by atoms with Crippen molar-refractivity contribution in [1.29, 1.82) is 0 Å². The van der Waals surface area contributed by atoms with E-state index in [-0.39, 0.29) is 0 Å². The number of hydrogen-bond acceptors (Lipinski definition) is 2. The summed E-state index contributed by atoms with van der Waals surface area (Å²) in [5.74, 6) is 0.837. The molecule has 0 saturated heterocycles. The Kier molecular flexibility index (Phi) is 4.74. The Bertz CT molecular complexity index is 134. The Labute approximate surface area is 82.0 Å². The van der Waals surface area contributed by atoms with Crippen LogP contribution in [0.25, 0.3) is 0 Å². The first-order valence-electron chi connectivity index (χ1n) is 5.68. The van der Waals surface area contributed by atoms with Gasteiger partial charge in [0.05, 0.1) is 6.10 Å². The molecule has 1 saturated carbocycles. The molecule has 0 aromatic heterocycles. The molecule has 1 aliphatic rings. The molecule has 0 spiro atoms. The molecule has 2 nitrogen and oxygen atoms in total. The summed E-state index contributed by atoms with van der Waals surface area (Å²) in [6, 6.07) is 0.567. The Morgan fingerprint density at radius 1 is 1.31 bits per heavy atom. The van der Waals surface area contributed by atoms with E-state index < -0.39 is 0 Å². The predicted octanol–water partition coefficient (Wildman–Crippen LogP) is 2.19. The maximum Gasteiger partial charge on any atom is 0.0755 e. The fourth-order valence-corrected chi connectivity index (χ4v) is 1.95. The van der Waals surface area contributed by atoms with Gasteiger partial charge in [-0.15, -0.1) is 0 Å². The molecule has 2 atom stereocenters. The molecular weight excluding hydrogens is 162 g/mol. The summed E-state index contributed by atoms with van der Waals surface area (Å²) < 4.78 is 5.81. The topological polar surface area (TPSA) is 21.3 Å². The Morgan fingerprint density at radius 3 is 2.38 bits per heavy atom. The van der Waals surface area contributed by atoms with E-state index in [1.165, 1.54) is 19.3 Å². The summed E-state index contributed by atoms with van der Waals surface area (Å²) in [5, 5.41) is 3.51. The second-order valence-corrected chi connectivity index (χ2v) is 3.83. The number of rotatable bonds is 7. The van der Waals surface area contributed by atoms with E-state index in [9.17, 15) is 0 Å². The molecule has 0 amide bonds. The maximum atomic E-state index is 5.81. The zero-order valence-electron chi connectivity index (χ0n) is 9.18. The zero-order valence-corrected chi connectivity index (χ0v) is 9.18. The first-order valence-corrected chi connectivity index (χ1v) is 5.68. The number of nitrogens with one attached hydrogen (secondary N) is 1. The van der Waals surface area contributed by atoms with Gasteiger partial charge in [-0.1, -0.05) is 13.8 Å². The molecule has 1 aliphatic carbocycles. The van der Waals surface area contributed by atoms with Gasteiger partial charge in [0.15, 0.2) is 0 Å². The Balaban J connectivity index is 2.38. The van der Waals surface area contributed by atoms with Gasteiger partial charge in [-0.05, 0) is 38.6 Å². The summed E-state index contributed by atoms with van der Waals surface area (Å²) in [6.45, 7) is 8.40. The second-order valence-electron chi connectivity index (χ2n) is 3.83. The highest BCUT2D eigenvalue weighted by Crippen LogP contribution is 2.36. The minimum atomic E-state index is 0.468. The third-order valence-electron chi connectivity index (χ3n) is 2.75. The number of ether oxygens (including phenoxy) is 1. The lowest BCUT2D eigenvalue weighted by atomic mass is 10.0. The van der Waals surface area contributed by atoms with E-state index in [2.05, 4.69) is 26.1 Å². The van der Waals surface area contributed by atoms with Crippen molar-refractivity contribution in [2.45, 2.75) is 52.2 Å². The normalized spacial score (nSPS) is 21.5. The lowest BCUT2D eigenvalue weighted by Crippen LogP contribution is -2.42. The van der Waals surface area contributed by atoms with Crippen molar-refractivity contribution in [3.05, 3.63) is 0 Å². The molecule has 0 aromatic rings. The summed E-state index contributed by atoms with van der Waals surface area (Å²) in [4.78, 5) is 0. The van der Waals surface area contributed by atoms with Gasteiger partial charge < -0.3 is 10.1 Å². The fraction of sp³-hybridized carbons (Fsp3) is 1.00. The van der Waals surface area contributed by atoms with Crippen molar-refractivity contribution in [3.63, 3.8) is 0 Å². The van der Waals surface area contributed by atoms with Crippen LogP contribution in [0.1, 0.15) is 40.0 Å². The smallest absolute Gasteiger partial charge is 0.0755 e. The lowest BCUT2D eigenvalue weighted by molar-refractivity contribution is 0.0186. The minimum Gasteiger partial charge on any atom is -0.377 e. The third kappa shape index (κ3) is 3.28. The average molecular weight is 185 g/mol. The maximum absolute atomic E-state index is 5.81. The molecule has 0 bridgehead atoms. The molecule has 2 unspecified atom stereocenters. The van der Waals surface area contributed by atoms with Gasteiger partial charge in [0.25, 0.3) is 0 Å². The molecule has 78 valence electrons. The Morgan fingerprint density at radius 2 is 2.00 bits per heavy atom. The average Bonchev–Trinajstić information content (AvgIpc) is 2.94. The molecule has 1 fully saturated rings. The molecule has 13 heavy (non-hydrogen) atoms. The highest BCUT2D eigenvalue weighted by atomic mass is 16.5. The first kappa shape index (κ1) is 11.0. The molecule has 1 N–H and O–H groups in total. The van der Waals surface area contributed by atoms with Crippen LogP contribution in [0, 0.1) is 5.92 Å². The van der Waals surface area contributed by atoms with Gasteiger partial charge in [-0.25, -0.2) is 0 Å². The van der Waals surface area contributed by atoms with Crippen LogP contribution in [0.5, 0.6) is 0 Å². The van der Waals surface area contributed by atoms with Crippen LogP contribution in [-0.4, -0.2) is 25.3 Å². The van der Waals surface area contributed by atoms with Crippen LogP contribution in [0.2, 0.25) is 0 Å². The first-order chi connectivity index (χ1) is 6.33. The van der Waals surface area contributed by atoms with Gasteiger partial charge in [0.1, 0.15) is 0 Å². The van der Waals surface area contributed by atoms with E-state index in [0.29, 0.717) is 12.1 Å². The molecular formula is C11H23NO. The van der Waals surface area contributed by atoms with Crippen LogP contribution in [0.3, 0.4) is 0 Å². The van der Waals surface area contributed by atoms with Gasteiger partial charge in [-0.3, -0.25) is 0 Å². The largest absolute Gasteiger partial charge is 0.377 e. The van der Waals surface area contributed by atoms with Crippen molar-refractivity contribution < 1.29 is 4.74 Å². The quantitative estimate of drug-likeness (QED) is 0.656. The van der Waals surface area contributed by atoms with Gasteiger partial charge >= 0.3 is 0 Å². The molecule has 2 heteroatoms. The van der Waals surface area contributed by atoms with E-state index >= 15 is 0 Å². The van der Waals surface area contributed by atoms with Crippen molar-refractivity contribution in [2.24, 2.45) is 5.92 Å². The summed E-state index contributed by atoms with van der Waals surface area (Å²) in [7, 11) is 0. The molecule has 0 aliphatic heterocycles. The molecule has 0 heterocycles. The predicted molar refractivity (Wildman–Crippen MR) is 55.9 cm³/mol. The molecule has 0 aromatic carbocycles. The lowest BCUT2D eigenvalue weighted by Gasteiger charge is -2.26. The number of likely N-dealkylation sites (N-methyl/N-ethyl adjacent to an activating group) is 1. The highest BCUT2D eigenvalue weighted by molar-refractivity contribution is 4.89. The highest BCUT2D eigenvalue weighted by Gasteiger charge is 2.35. The monoisotopic (exact) mass is 185 g/mol. The minimum absolute atomic E-state index is 0.468. The van der Waals surface area contributed by atoms with Gasteiger partial charge in [-0.2, -0.15) is 0 Å². The van der Waals surface area contributed by atoms with Crippen molar-refractivity contribution in [2.75, 3.05) is 13.2 Å². The van der Waals surface area contributed by atoms with Crippen LogP contribution in [0.15, 0.2) is 0 Å². The van der Waals surface area contributed by atoms with E-state index in [1.54, 1.807) is 0 Å². The van der Waals surface area contributed by atoms with E-state index in [0.717, 1.165) is 19.1 Å².